The van der Waals surface area contributed by atoms with Crippen molar-refractivity contribution in [3.63, 3.8) is 0 Å². The molecule has 6 rings (SSSR count). The molecular formula is C22H23N5O4S. The summed E-state index contributed by atoms with van der Waals surface area (Å²) >= 11 is 0. The lowest BCUT2D eigenvalue weighted by Crippen LogP contribution is -2.16. The summed E-state index contributed by atoms with van der Waals surface area (Å²) in [5, 5.41) is 8.20. The van der Waals surface area contributed by atoms with Crippen LogP contribution in [-0.2, 0) is 14.8 Å². The normalized spacial score (nSPS) is 19.2. The summed E-state index contributed by atoms with van der Waals surface area (Å²) in [5.41, 5.74) is 5.14. The Bertz CT molecular complexity index is 1420. The quantitative estimate of drug-likeness (QED) is 0.455. The molecule has 2 fully saturated rings. The number of aromatic nitrogens is 5. The van der Waals surface area contributed by atoms with Crippen molar-refractivity contribution in [2.24, 2.45) is 0 Å². The second-order valence-corrected chi connectivity index (χ2v) is 10.7. The molecule has 4 aromatic rings. The minimum absolute atomic E-state index is 0.200. The number of hydrogen-bond acceptors (Lipinski definition) is 7. The highest BCUT2D eigenvalue weighted by molar-refractivity contribution is 7.91. The number of aryl methyl sites for hydroxylation is 2. The van der Waals surface area contributed by atoms with Gasteiger partial charge in [-0.25, -0.2) is 12.4 Å². The van der Waals surface area contributed by atoms with Crippen molar-refractivity contribution in [2.75, 3.05) is 13.2 Å². The van der Waals surface area contributed by atoms with Crippen molar-refractivity contribution in [2.45, 2.75) is 44.4 Å². The van der Waals surface area contributed by atoms with Gasteiger partial charge in [-0.15, -0.1) is 0 Å². The Balaban J connectivity index is 1.54. The van der Waals surface area contributed by atoms with Crippen LogP contribution in [0, 0.1) is 13.8 Å². The van der Waals surface area contributed by atoms with Gasteiger partial charge in [0.15, 0.2) is 0 Å². The third-order valence-electron chi connectivity index (χ3n) is 6.34. The molecule has 0 N–H and O–H groups in total. The van der Waals surface area contributed by atoms with Crippen molar-refractivity contribution in [1.82, 2.24) is 23.9 Å². The van der Waals surface area contributed by atoms with Gasteiger partial charge in [-0.05, 0) is 39.2 Å². The first kappa shape index (κ1) is 19.7. The minimum atomic E-state index is -3.50. The van der Waals surface area contributed by atoms with Crippen LogP contribution >= 0.6 is 0 Å². The molecule has 0 bridgehead atoms. The number of rotatable bonds is 5. The van der Waals surface area contributed by atoms with Crippen LogP contribution in [0.4, 0.5) is 0 Å². The van der Waals surface area contributed by atoms with E-state index in [0.717, 1.165) is 41.0 Å². The highest BCUT2D eigenvalue weighted by Gasteiger charge is 2.38. The molecule has 1 unspecified atom stereocenters. The highest BCUT2D eigenvalue weighted by atomic mass is 32.2. The highest BCUT2D eigenvalue weighted by Crippen LogP contribution is 2.38. The number of fused-ring (bicyclic) bond motifs is 1. The number of nitrogens with zero attached hydrogens (tertiary/aromatic N) is 5. The van der Waals surface area contributed by atoms with Crippen molar-refractivity contribution < 1.29 is 17.7 Å². The smallest absolute Gasteiger partial charge is 0.241 e. The van der Waals surface area contributed by atoms with Crippen LogP contribution in [0.5, 0.6) is 0 Å². The second-order valence-electron chi connectivity index (χ2n) is 8.60. The molecule has 4 aromatic heterocycles. The van der Waals surface area contributed by atoms with Crippen molar-refractivity contribution >= 4 is 21.1 Å². The van der Waals surface area contributed by atoms with E-state index in [1.165, 1.54) is 3.97 Å². The molecule has 0 spiro atoms. The summed E-state index contributed by atoms with van der Waals surface area (Å²) in [6.07, 6.45) is 9.45. The lowest BCUT2D eigenvalue weighted by Gasteiger charge is -2.07. The molecule has 166 valence electrons. The van der Waals surface area contributed by atoms with Gasteiger partial charge in [-0.2, -0.15) is 5.10 Å². The third kappa shape index (κ3) is 3.01. The van der Waals surface area contributed by atoms with E-state index in [0.29, 0.717) is 36.2 Å². The summed E-state index contributed by atoms with van der Waals surface area (Å²) in [6, 6.07) is 2.07. The maximum Gasteiger partial charge on any atom is 0.241 e. The molecule has 32 heavy (non-hydrogen) atoms. The summed E-state index contributed by atoms with van der Waals surface area (Å²) in [4.78, 5) is 4.70. The van der Waals surface area contributed by atoms with E-state index < -0.39 is 10.0 Å². The van der Waals surface area contributed by atoms with Gasteiger partial charge in [0, 0.05) is 47.5 Å². The Kier molecular flexibility index (Phi) is 4.31. The molecule has 0 aromatic carbocycles. The number of hydrogen-bond donors (Lipinski definition) is 0. The van der Waals surface area contributed by atoms with Crippen molar-refractivity contribution in [3.8, 4) is 22.3 Å². The lowest BCUT2D eigenvalue weighted by molar-refractivity contribution is 0.184. The Hall–Kier alpha value is -2.98. The average Bonchev–Trinajstić information content (AvgIpc) is 3.14. The fourth-order valence-corrected chi connectivity index (χ4v) is 6.18. The van der Waals surface area contributed by atoms with Crippen molar-refractivity contribution in [3.05, 3.63) is 42.3 Å². The maximum atomic E-state index is 13.3. The van der Waals surface area contributed by atoms with Crippen LogP contribution in [0.15, 0.2) is 35.4 Å². The lowest BCUT2D eigenvalue weighted by atomic mass is 10.1. The first-order valence-electron chi connectivity index (χ1n) is 10.7. The number of ether oxygens (including phenoxy) is 1. The molecule has 0 radical (unpaired) electrons. The maximum absolute atomic E-state index is 13.3. The van der Waals surface area contributed by atoms with Crippen LogP contribution in [0.1, 0.15) is 36.8 Å². The summed E-state index contributed by atoms with van der Waals surface area (Å²) in [6.45, 7) is 5.07. The van der Waals surface area contributed by atoms with Gasteiger partial charge < -0.3 is 9.26 Å². The average molecular weight is 454 g/mol. The van der Waals surface area contributed by atoms with Gasteiger partial charge in [0.25, 0.3) is 0 Å². The van der Waals surface area contributed by atoms with Gasteiger partial charge >= 0.3 is 0 Å². The molecule has 1 aliphatic heterocycles. The zero-order valence-electron chi connectivity index (χ0n) is 17.9. The molecular weight excluding hydrogens is 430 g/mol. The van der Waals surface area contributed by atoms with Gasteiger partial charge in [0.1, 0.15) is 5.76 Å². The molecule has 1 saturated heterocycles. The Labute approximate surface area is 185 Å². The zero-order valence-corrected chi connectivity index (χ0v) is 18.7. The van der Waals surface area contributed by atoms with E-state index in [9.17, 15) is 8.42 Å². The molecule has 0 amide bonds. The van der Waals surface area contributed by atoms with E-state index in [1.807, 2.05) is 30.8 Å². The molecule has 1 atom stereocenters. The van der Waals surface area contributed by atoms with Gasteiger partial charge in [0.2, 0.25) is 10.0 Å². The van der Waals surface area contributed by atoms with E-state index in [-0.39, 0.29) is 11.3 Å². The fraction of sp³-hybridized carbons (Fsp3) is 0.409. The van der Waals surface area contributed by atoms with E-state index >= 15 is 0 Å². The third-order valence-corrected chi connectivity index (χ3v) is 8.50. The molecule has 1 saturated carbocycles. The second kappa shape index (κ2) is 7.01. The van der Waals surface area contributed by atoms with Crippen LogP contribution < -0.4 is 0 Å². The van der Waals surface area contributed by atoms with Crippen LogP contribution in [0.3, 0.4) is 0 Å². The zero-order chi connectivity index (χ0) is 22.0. The first-order valence-corrected chi connectivity index (χ1v) is 12.2. The SMILES string of the molecule is Cc1noc(C)c1-c1cnc2c(-c3cnn(C4CCOC4)c3)cn(S(=O)(=O)C3CC3)c2c1. The molecule has 5 heterocycles. The van der Waals surface area contributed by atoms with E-state index in [4.69, 9.17) is 14.2 Å². The monoisotopic (exact) mass is 453 g/mol. The number of pyridine rings is 1. The minimum Gasteiger partial charge on any atom is -0.379 e. The largest absolute Gasteiger partial charge is 0.379 e. The van der Waals surface area contributed by atoms with Crippen molar-refractivity contribution in [1.29, 1.82) is 0 Å². The summed E-state index contributed by atoms with van der Waals surface area (Å²) in [5.74, 6) is 0.673. The summed E-state index contributed by atoms with van der Waals surface area (Å²) < 4.78 is 40.6. The molecule has 9 nitrogen and oxygen atoms in total. The topological polar surface area (TPSA) is 105 Å². The fourth-order valence-electron chi connectivity index (χ4n) is 4.46. The standard InChI is InChI=1S/C22H23N5O4S/c1-13-21(14(2)31-25-13)15-7-20-22(23-8-15)19(11-27(20)32(28,29)18-3-4-18)16-9-24-26(10-16)17-5-6-30-12-17/h7-11,17-18H,3-6,12H2,1-2H3. The Morgan fingerprint density at radius 1 is 1.09 bits per heavy atom. The Morgan fingerprint density at radius 2 is 1.94 bits per heavy atom. The van der Waals surface area contributed by atoms with Gasteiger partial charge in [-0.3, -0.25) is 9.67 Å². The van der Waals surface area contributed by atoms with E-state index in [2.05, 4.69) is 10.3 Å². The Morgan fingerprint density at radius 3 is 2.62 bits per heavy atom. The van der Waals surface area contributed by atoms with Gasteiger partial charge in [-0.1, -0.05) is 5.16 Å². The predicted molar refractivity (Wildman–Crippen MR) is 118 cm³/mol. The molecule has 2 aliphatic rings. The van der Waals surface area contributed by atoms with Crippen LogP contribution in [-0.4, -0.2) is 50.8 Å². The first-order chi connectivity index (χ1) is 15.4. The molecule has 1 aliphatic carbocycles. The van der Waals surface area contributed by atoms with Crippen LogP contribution in [0.25, 0.3) is 33.3 Å². The molecule has 10 heteroatoms. The van der Waals surface area contributed by atoms with Gasteiger partial charge in [0.05, 0.1) is 40.8 Å². The van der Waals surface area contributed by atoms with E-state index in [1.54, 1.807) is 18.6 Å². The van der Waals surface area contributed by atoms with Crippen LogP contribution in [0.2, 0.25) is 0 Å². The predicted octanol–water partition coefficient (Wildman–Crippen LogP) is 3.47. The summed E-state index contributed by atoms with van der Waals surface area (Å²) in [7, 11) is -3.50.